The average Bonchev–Trinajstić information content (AvgIpc) is 2.84. The lowest BCUT2D eigenvalue weighted by Crippen LogP contribution is -2.23. The van der Waals surface area contributed by atoms with Crippen molar-refractivity contribution in [2.45, 2.75) is 47.8 Å². The first-order valence-electron chi connectivity index (χ1n) is 10.8. The van der Waals surface area contributed by atoms with Crippen molar-refractivity contribution >= 4 is 39.2 Å². The highest BCUT2D eigenvalue weighted by Crippen LogP contribution is 2.30. The maximum absolute atomic E-state index is 12.7. The van der Waals surface area contributed by atoms with Crippen molar-refractivity contribution in [1.29, 1.82) is 5.26 Å². The highest BCUT2D eigenvalue weighted by atomic mass is 32.2. The number of amides is 1. The maximum atomic E-state index is 12.7. The minimum Gasteiger partial charge on any atom is -0.325 e. The highest BCUT2D eigenvalue weighted by molar-refractivity contribution is 8.00. The Hall–Kier alpha value is -3.42. The van der Waals surface area contributed by atoms with Crippen molar-refractivity contribution in [3.05, 3.63) is 71.5 Å². The van der Waals surface area contributed by atoms with Crippen LogP contribution in [0.3, 0.4) is 0 Å². The number of hydrogen-bond acceptors (Lipinski definition) is 7. The Morgan fingerprint density at radius 2 is 1.91 bits per heavy atom. The number of aromatic nitrogens is 2. The normalized spacial score (nSPS) is 13.9. The molecule has 3 aromatic rings. The lowest BCUT2D eigenvalue weighted by molar-refractivity contribution is -0.115. The van der Waals surface area contributed by atoms with Gasteiger partial charge >= 0.3 is 0 Å². The van der Waals surface area contributed by atoms with Crippen LogP contribution in [0.4, 0.5) is 11.5 Å². The molecule has 2 N–H and O–H groups in total. The lowest BCUT2D eigenvalue weighted by atomic mass is 9.95. The first kappa shape index (κ1) is 23.7. The zero-order valence-electron chi connectivity index (χ0n) is 18.5. The molecule has 2 heterocycles. The average molecular weight is 494 g/mol. The fourth-order valence-corrected chi connectivity index (χ4v) is 5.49. The zero-order chi connectivity index (χ0) is 24.1. The fourth-order valence-electron chi connectivity index (χ4n) is 3.59. The highest BCUT2D eigenvalue weighted by Gasteiger charge is 2.21. The SMILES string of the molecule is CC(Sc1nc2c(cc1C#N)CCCC2)C(=O)Nc1ccc(S(=O)(=O)Nc2ccccn2)cc1. The van der Waals surface area contributed by atoms with E-state index in [0.717, 1.165) is 36.9 Å². The summed E-state index contributed by atoms with van der Waals surface area (Å²) in [5.74, 6) is -0.0473. The molecule has 1 aliphatic rings. The Bertz CT molecular complexity index is 1340. The van der Waals surface area contributed by atoms with Crippen LogP contribution in [0.25, 0.3) is 0 Å². The molecule has 1 amide bonds. The Balaban J connectivity index is 1.41. The summed E-state index contributed by atoms with van der Waals surface area (Å²) in [6.07, 6.45) is 5.49. The summed E-state index contributed by atoms with van der Waals surface area (Å²) in [6, 6.07) is 14.9. The number of nitriles is 1. The Morgan fingerprint density at radius 1 is 1.15 bits per heavy atom. The number of thioether (sulfide) groups is 1. The molecular formula is C24H23N5O3S2. The van der Waals surface area contributed by atoms with Crippen LogP contribution in [0, 0.1) is 11.3 Å². The molecule has 0 radical (unpaired) electrons. The molecule has 8 nitrogen and oxygen atoms in total. The van der Waals surface area contributed by atoms with Gasteiger partial charge in [0.1, 0.15) is 16.9 Å². The van der Waals surface area contributed by atoms with Gasteiger partial charge in [0.2, 0.25) is 5.91 Å². The molecule has 0 saturated carbocycles. The van der Waals surface area contributed by atoms with Gasteiger partial charge in [0.05, 0.1) is 15.7 Å². The molecule has 0 bridgehead atoms. The van der Waals surface area contributed by atoms with E-state index in [4.69, 9.17) is 0 Å². The van der Waals surface area contributed by atoms with E-state index in [1.807, 2.05) is 6.07 Å². The van der Waals surface area contributed by atoms with E-state index >= 15 is 0 Å². The predicted octanol–water partition coefficient (Wildman–Crippen LogP) is 4.15. The molecule has 0 aliphatic heterocycles. The first-order chi connectivity index (χ1) is 16.4. The van der Waals surface area contributed by atoms with E-state index in [1.54, 1.807) is 25.1 Å². The third kappa shape index (κ3) is 5.55. The van der Waals surface area contributed by atoms with E-state index in [0.29, 0.717) is 16.3 Å². The van der Waals surface area contributed by atoms with Crippen molar-refractivity contribution < 1.29 is 13.2 Å². The number of carbonyl (C=O) groups is 1. The summed E-state index contributed by atoms with van der Waals surface area (Å²) in [6.45, 7) is 1.75. The summed E-state index contributed by atoms with van der Waals surface area (Å²) in [7, 11) is -3.80. The minimum absolute atomic E-state index is 0.0514. The van der Waals surface area contributed by atoms with Gasteiger partial charge in [-0.3, -0.25) is 9.52 Å². The van der Waals surface area contributed by atoms with Gasteiger partial charge in [0.15, 0.2) is 0 Å². The van der Waals surface area contributed by atoms with E-state index < -0.39 is 15.3 Å². The van der Waals surface area contributed by atoms with Crippen LogP contribution in [0.5, 0.6) is 0 Å². The van der Waals surface area contributed by atoms with Crippen molar-refractivity contribution in [1.82, 2.24) is 9.97 Å². The number of sulfonamides is 1. The van der Waals surface area contributed by atoms with Gasteiger partial charge in [-0.25, -0.2) is 18.4 Å². The van der Waals surface area contributed by atoms with Crippen molar-refractivity contribution in [3.8, 4) is 6.07 Å². The quantitative estimate of drug-likeness (QED) is 0.474. The molecule has 2 aromatic heterocycles. The molecular weight excluding hydrogens is 470 g/mol. The number of aryl methyl sites for hydroxylation is 2. The first-order valence-corrected chi connectivity index (χ1v) is 13.2. The molecule has 0 spiro atoms. The molecule has 1 aliphatic carbocycles. The van der Waals surface area contributed by atoms with E-state index in [-0.39, 0.29) is 16.6 Å². The Labute approximate surface area is 202 Å². The molecule has 1 unspecified atom stereocenters. The van der Waals surface area contributed by atoms with Crippen molar-refractivity contribution in [2.75, 3.05) is 10.0 Å². The summed E-state index contributed by atoms with van der Waals surface area (Å²) in [5, 5.41) is 12.4. The van der Waals surface area contributed by atoms with E-state index in [9.17, 15) is 18.5 Å². The molecule has 4 rings (SSSR count). The van der Waals surface area contributed by atoms with Crippen molar-refractivity contribution in [2.24, 2.45) is 0 Å². The second-order valence-corrected chi connectivity index (χ2v) is 10.9. The van der Waals surface area contributed by atoms with Crippen LogP contribution in [0.2, 0.25) is 0 Å². The topological polar surface area (TPSA) is 125 Å². The Morgan fingerprint density at radius 3 is 2.62 bits per heavy atom. The summed E-state index contributed by atoms with van der Waals surface area (Å²) in [5.41, 5.74) is 3.08. The predicted molar refractivity (Wildman–Crippen MR) is 131 cm³/mol. The number of rotatable bonds is 7. The zero-order valence-corrected chi connectivity index (χ0v) is 20.1. The van der Waals surface area contributed by atoms with Crippen LogP contribution < -0.4 is 10.0 Å². The van der Waals surface area contributed by atoms with Gasteiger partial charge in [0, 0.05) is 17.6 Å². The second-order valence-electron chi connectivity index (χ2n) is 7.86. The molecule has 0 saturated heterocycles. The van der Waals surface area contributed by atoms with Crippen LogP contribution in [-0.2, 0) is 27.7 Å². The second kappa shape index (κ2) is 10.2. The van der Waals surface area contributed by atoms with Gasteiger partial charge in [0.25, 0.3) is 10.0 Å². The number of pyridine rings is 2. The molecule has 34 heavy (non-hydrogen) atoms. The number of fused-ring (bicyclic) bond motifs is 1. The molecule has 174 valence electrons. The van der Waals surface area contributed by atoms with Gasteiger partial charge in [-0.15, -0.1) is 0 Å². The van der Waals surface area contributed by atoms with E-state index in [1.165, 1.54) is 42.2 Å². The third-order valence-electron chi connectivity index (χ3n) is 5.38. The number of hydrogen-bond donors (Lipinski definition) is 2. The number of benzene rings is 1. The van der Waals surface area contributed by atoms with Gasteiger partial charge in [-0.1, -0.05) is 17.8 Å². The van der Waals surface area contributed by atoms with E-state index in [2.05, 4.69) is 26.1 Å². The summed E-state index contributed by atoms with van der Waals surface area (Å²) >= 11 is 1.25. The molecule has 1 aromatic carbocycles. The van der Waals surface area contributed by atoms with Gasteiger partial charge < -0.3 is 5.32 Å². The maximum Gasteiger partial charge on any atom is 0.263 e. The smallest absolute Gasteiger partial charge is 0.263 e. The summed E-state index contributed by atoms with van der Waals surface area (Å²) in [4.78, 5) is 21.4. The van der Waals surface area contributed by atoms with Crippen LogP contribution in [0.15, 0.2) is 64.6 Å². The number of nitrogens with one attached hydrogen (secondary N) is 2. The minimum atomic E-state index is -3.80. The summed E-state index contributed by atoms with van der Waals surface area (Å²) < 4.78 is 27.5. The van der Waals surface area contributed by atoms with Crippen LogP contribution >= 0.6 is 11.8 Å². The molecule has 10 heteroatoms. The lowest BCUT2D eigenvalue weighted by Gasteiger charge is -2.18. The number of carbonyl (C=O) groups excluding carboxylic acids is 1. The van der Waals surface area contributed by atoms with Crippen LogP contribution in [-0.4, -0.2) is 29.5 Å². The standard InChI is InChI=1S/C24H23N5O3S2/c1-16(33-24-18(15-25)14-17-6-2-3-7-21(17)28-24)23(30)27-19-9-11-20(12-10-19)34(31,32)29-22-8-4-5-13-26-22/h4-5,8-14,16H,2-3,6-7H2,1H3,(H,26,29)(H,27,30). The third-order valence-corrected chi connectivity index (χ3v) is 7.85. The molecule has 1 atom stereocenters. The van der Waals surface area contributed by atoms with Crippen LogP contribution in [0.1, 0.15) is 36.6 Å². The fraction of sp³-hybridized carbons (Fsp3) is 0.250. The van der Waals surface area contributed by atoms with Crippen molar-refractivity contribution in [3.63, 3.8) is 0 Å². The largest absolute Gasteiger partial charge is 0.325 e. The van der Waals surface area contributed by atoms with Gasteiger partial charge in [-0.05, 0) is 80.6 Å². The number of anilines is 2. The van der Waals surface area contributed by atoms with Gasteiger partial charge in [-0.2, -0.15) is 5.26 Å². The molecule has 0 fully saturated rings. The number of nitrogens with zero attached hydrogens (tertiary/aromatic N) is 3. The monoisotopic (exact) mass is 493 g/mol. The Kier molecular flexibility index (Phi) is 7.14.